The van der Waals surface area contributed by atoms with Gasteiger partial charge in [-0.3, -0.25) is 9.59 Å². The van der Waals surface area contributed by atoms with Gasteiger partial charge >= 0.3 is 0 Å². The summed E-state index contributed by atoms with van der Waals surface area (Å²) in [6, 6.07) is -1.25. The second kappa shape index (κ2) is 18.7. The number of allylic oxidation sites excluding steroid dienone is 4. The molecule has 2 amide bonds. The first-order chi connectivity index (χ1) is 20.9. The quantitative estimate of drug-likeness (QED) is 0.172. The average molecular weight is 717 g/mol. The monoisotopic (exact) mass is 716 g/mol. The van der Waals surface area contributed by atoms with E-state index in [1.807, 2.05) is 45.7 Å². The summed E-state index contributed by atoms with van der Waals surface area (Å²) in [4.78, 5) is 38.5. The van der Waals surface area contributed by atoms with Crippen molar-refractivity contribution in [3.8, 4) is 0 Å². The van der Waals surface area contributed by atoms with Crippen LogP contribution in [-0.2, 0) is 47.1 Å². The van der Waals surface area contributed by atoms with Crippen LogP contribution in [0.3, 0.4) is 0 Å². The molecular formula is C35H52FN4O3SY-. The molecule has 0 aromatic carbocycles. The first kappa shape index (κ1) is 39.7. The van der Waals surface area contributed by atoms with Crippen LogP contribution in [0.2, 0.25) is 0 Å². The van der Waals surface area contributed by atoms with E-state index >= 15 is 0 Å². The fraction of sp³-hybridized carbons (Fsp3) is 0.629. The first-order valence-electron chi connectivity index (χ1n) is 16.0. The molecular weight excluding hydrogens is 664 g/mol. The van der Waals surface area contributed by atoms with E-state index in [0.717, 1.165) is 31.0 Å². The van der Waals surface area contributed by atoms with E-state index in [2.05, 4.69) is 60.2 Å². The number of carbonyl (C=O) groups is 3. The van der Waals surface area contributed by atoms with Crippen molar-refractivity contribution in [1.82, 2.24) is 20.9 Å². The van der Waals surface area contributed by atoms with Crippen molar-refractivity contribution in [1.29, 1.82) is 0 Å². The van der Waals surface area contributed by atoms with Crippen molar-refractivity contribution in [2.24, 2.45) is 11.3 Å². The summed E-state index contributed by atoms with van der Waals surface area (Å²) in [7, 11) is 1.96. The number of likely N-dealkylation sites (N-methyl/N-ethyl adjacent to an activating group) is 1. The molecule has 3 fully saturated rings. The third-order valence-corrected chi connectivity index (χ3v) is 9.59. The molecule has 1 saturated heterocycles. The SMILES string of the molecule is CC(C)(C)[C@H](NC(=O)C1(F)CC1)C(=O)N1CCCC1C=O.CC1CC[CH-]CC1.CNCC1=CC=C(C2=C(C)NCS2)C=C=C1.[Y]. The Labute approximate surface area is 299 Å². The molecule has 2 saturated carbocycles. The van der Waals surface area contributed by atoms with E-state index in [4.69, 9.17) is 0 Å². The summed E-state index contributed by atoms with van der Waals surface area (Å²) in [6.45, 7) is 11.3. The fourth-order valence-electron chi connectivity index (χ4n) is 5.40. The van der Waals surface area contributed by atoms with Crippen LogP contribution in [0.25, 0.3) is 0 Å². The van der Waals surface area contributed by atoms with Crippen LogP contribution in [0.4, 0.5) is 4.39 Å². The molecule has 0 aromatic rings. The van der Waals surface area contributed by atoms with E-state index in [-0.39, 0.29) is 51.5 Å². The predicted octanol–water partition coefficient (Wildman–Crippen LogP) is 5.92. The molecule has 0 bridgehead atoms. The number of thioether (sulfide) groups is 1. The molecule has 0 spiro atoms. The molecule has 1 radical (unpaired) electrons. The number of alkyl halides is 1. The minimum absolute atomic E-state index is 0. The standard InChI is InChI=1S/C15H23FN2O3.C13H16N2S.C7H13.Y/c1-14(2,3)11(17-13(21)15(16)6-7-15)12(20)18-8-4-5-10(18)9-19;1-10-13(16-9-15-10)12-5-3-4-11(6-7-12)8-14-2;1-7-5-3-2-4-6-7;/h9-11H,4-8H2,1-3H3,(H,17,21);4-7,14-15H,8-9H2,1-2H3;2,7H,3-6H2,1H3;/q;;-1;/t10?,11-;;;/m1.../s1. The van der Waals surface area contributed by atoms with E-state index in [0.29, 0.717) is 13.0 Å². The third kappa shape index (κ3) is 12.2. The molecule has 2 atom stereocenters. The maximum Gasteiger partial charge on any atom is 0.258 e. The summed E-state index contributed by atoms with van der Waals surface area (Å²) in [5.41, 5.74) is 4.64. The zero-order chi connectivity index (χ0) is 32.3. The number of hydrogen-bond donors (Lipinski definition) is 3. The van der Waals surface area contributed by atoms with Gasteiger partial charge in [0, 0.05) is 56.4 Å². The van der Waals surface area contributed by atoms with Crippen molar-refractivity contribution in [3.05, 3.63) is 58.2 Å². The van der Waals surface area contributed by atoms with Gasteiger partial charge in [-0.1, -0.05) is 52.7 Å². The second-order valence-corrected chi connectivity index (χ2v) is 14.4. The van der Waals surface area contributed by atoms with Crippen molar-refractivity contribution in [2.45, 2.75) is 104 Å². The Morgan fingerprint density at radius 2 is 1.91 bits per heavy atom. The van der Waals surface area contributed by atoms with Gasteiger partial charge in [0.1, 0.15) is 12.3 Å². The van der Waals surface area contributed by atoms with Crippen molar-refractivity contribution in [2.75, 3.05) is 26.0 Å². The Hall–Kier alpha value is -1.51. The number of halogens is 1. The largest absolute Gasteiger partial charge is 0.378 e. The Morgan fingerprint density at radius 3 is 2.42 bits per heavy atom. The smallest absolute Gasteiger partial charge is 0.258 e. The molecule has 247 valence electrons. The Balaban J connectivity index is 0.000000259. The minimum Gasteiger partial charge on any atom is -0.378 e. The predicted molar refractivity (Wildman–Crippen MR) is 178 cm³/mol. The Morgan fingerprint density at radius 1 is 1.22 bits per heavy atom. The Kier molecular flexibility index (Phi) is 16.5. The molecule has 1 unspecified atom stereocenters. The summed E-state index contributed by atoms with van der Waals surface area (Å²) in [6.07, 6.45) is 19.0. The van der Waals surface area contributed by atoms with Gasteiger partial charge in [-0.2, -0.15) is 12.8 Å². The molecule has 5 aliphatic rings. The van der Waals surface area contributed by atoms with Crippen molar-refractivity contribution in [3.63, 3.8) is 0 Å². The number of hydrogen-bond acceptors (Lipinski definition) is 6. The van der Waals surface area contributed by atoms with Crippen LogP contribution in [0, 0.1) is 17.8 Å². The van der Waals surface area contributed by atoms with Crippen LogP contribution in [0.1, 0.15) is 86.0 Å². The van der Waals surface area contributed by atoms with Gasteiger partial charge in [0.15, 0.2) is 5.67 Å². The zero-order valence-electron chi connectivity index (χ0n) is 28.0. The average Bonchev–Trinajstić information content (AvgIpc) is 3.43. The zero-order valence-corrected chi connectivity index (χ0v) is 31.7. The van der Waals surface area contributed by atoms with Gasteiger partial charge in [0.05, 0.1) is 11.9 Å². The van der Waals surface area contributed by atoms with Crippen LogP contribution < -0.4 is 16.0 Å². The van der Waals surface area contributed by atoms with Crippen LogP contribution in [-0.4, -0.2) is 66.8 Å². The normalized spacial score (nSPS) is 22.6. The summed E-state index contributed by atoms with van der Waals surface area (Å²) >= 11 is 1.85. The van der Waals surface area contributed by atoms with E-state index in [1.165, 1.54) is 52.3 Å². The second-order valence-electron chi connectivity index (χ2n) is 13.4. The number of rotatable bonds is 7. The summed E-state index contributed by atoms with van der Waals surface area (Å²) < 4.78 is 13.8. The van der Waals surface area contributed by atoms with Gasteiger partial charge in [-0.25, -0.2) is 4.39 Å². The number of amides is 2. The number of likely N-dealkylation sites (tertiary alicyclic amines) is 1. The summed E-state index contributed by atoms with van der Waals surface area (Å²) in [5, 5.41) is 9.04. The fourth-order valence-corrected chi connectivity index (χ4v) is 6.42. The Bertz CT molecular complexity index is 1190. The van der Waals surface area contributed by atoms with E-state index in [9.17, 15) is 18.8 Å². The van der Waals surface area contributed by atoms with Gasteiger partial charge in [0.2, 0.25) is 5.91 Å². The first-order valence-corrected chi connectivity index (χ1v) is 17.0. The minimum atomic E-state index is -1.81. The van der Waals surface area contributed by atoms with Gasteiger partial charge in [-0.15, -0.1) is 17.5 Å². The molecule has 7 nitrogen and oxygen atoms in total. The molecule has 3 N–H and O–H groups in total. The summed E-state index contributed by atoms with van der Waals surface area (Å²) in [5.74, 6) is 0.973. The van der Waals surface area contributed by atoms with Gasteiger partial charge < -0.3 is 32.1 Å². The number of carbonyl (C=O) groups excluding carboxylic acids is 3. The molecule has 2 aliphatic heterocycles. The molecule has 2 heterocycles. The molecule has 10 heteroatoms. The third-order valence-electron chi connectivity index (χ3n) is 8.47. The molecule has 0 aromatic heterocycles. The van der Waals surface area contributed by atoms with Crippen molar-refractivity contribution < 1.29 is 51.5 Å². The van der Waals surface area contributed by atoms with Crippen molar-refractivity contribution >= 4 is 29.9 Å². The molecule has 3 aliphatic carbocycles. The van der Waals surface area contributed by atoms with Gasteiger partial charge in [0.25, 0.3) is 5.91 Å². The van der Waals surface area contributed by atoms with Crippen LogP contribution in [0.15, 0.2) is 51.8 Å². The van der Waals surface area contributed by atoms with Gasteiger partial charge in [-0.05, 0) is 74.3 Å². The maximum atomic E-state index is 13.8. The van der Waals surface area contributed by atoms with E-state index in [1.54, 1.807) is 0 Å². The number of aldehydes is 1. The molecule has 45 heavy (non-hydrogen) atoms. The van der Waals surface area contributed by atoms with Crippen LogP contribution >= 0.6 is 11.8 Å². The number of nitrogens with one attached hydrogen (secondary N) is 3. The number of nitrogens with zero attached hydrogens (tertiary/aromatic N) is 1. The molecule has 5 rings (SSSR count). The van der Waals surface area contributed by atoms with Crippen LogP contribution in [0.5, 0.6) is 0 Å². The topological polar surface area (TPSA) is 90.5 Å². The van der Waals surface area contributed by atoms with E-state index < -0.39 is 29.1 Å². The maximum absolute atomic E-state index is 13.8.